The van der Waals surface area contributed by atoms with Gasteiger partial charge in [-0.05, 0) is 42.5 Å². The number of hydrogen-bond acceptors (Lipinski definition) is 8. The lowest BCUT2D eigenvalue weighted by Crippen LogP contribution is -2.19. The van der Waals surface area contributed by atoms with Crippen LogP contribution in [0.4, 0.5) is 17.5 Å². The third-order valence-electron chi connectivity index (χ3n) is 6.04. The van der Waals surface area contributed by atoms with Crippen molar-refractivity contribution in [3.8, 4) is 11.8 Å². The summed E-state index contributed by atoms with van der Waals surface area (Å²) in [4.78, 5) is 13.1. The number of anilines is 3. The number of nitriles is 1. The summed E-state index contributed by atoms with van der Waals surface area (Å²) in [6.07, 6.45) is 8.00. The third kappa shape index (κ3) is 3.21. The van der Waals surface area contributed by atoms with E-state index in [1.54, 1.807) is 6.20 Å². The van der Waals surface area contributed by atoms with E-state index in [1.165, 1.54) is 11.9 Å². The highest BCUT2D eigenvalue weighted by Crippen LogP contribution is 2.33. The van der Waals surface area contributed by atoms with Crippen molar-refractivity contribution in [2.75, 3.05) is 23.8 Å². The summed E-state index contributed by atoms with van der Waals surface area (Å²) < 4.78 is 7.34. The van der Waals surface area contributed by atoms with E-state index >= 15 is 0 Å². The number of hydrogen-bond donors (Lipinski definition) is 2. The van der Waals surface area contributed by atoms with Crippen LogP contribution in [0.1, 0.15) is 23.1 Å². The summed E-state index contributed by atoms with van der Waals surface area (Å²) in [6.45, 7) is 1.46. The summed E-state index contributed by atoms with van der Waals surface area (Å²) >= 11 is 0. The van der Waals surface area contributed by atoms with Crippen LogP contribution in [0.15, 0.2) is 43.0 Å². The van der Waals surface area contributed by atoms with Gasteiger partial charge in [-0.1, -0.05) is 0 Å². The number of nitrogens with one attached hydrogen (secondary N) is 2. The van der Waals surface area contributed by atoms with E-state index in [0.717, 1.165) is 59.4 Å². The Morgan fingerprint density at radius 1 is 1.03 bits per heavy atom. The van der Waals surface area contributed by atoms with Crippen LogP contribution < -0.4 is 10.6 Å². The Hall–Kier alpha value is -4.03. The van der Waals surface area contributed by atoms with Gasteiger partial charge in [0.15, 0.2) is 0 Å². The molecule has 3 aromatic heterocycles. The Kier molecular flexibility index (Phi) is 4.44. The van der Waals surface area contributed by atoms with Crippen LogP contribution in [-0.2, 0) is 17.6 Å². The van der Waals surface area contributed by atoms with Gasteiger partial charge in [0.1, 0.15) is 23.8 Å². The molecule has 4 aromatic rings. The first-order chi connectivity index (χ1) is 15.8. The van der Waals surface area contributed by atoms with Crippen molar-refractivity contribution in [3.05, 3.63) is 59.7 Å². The minimum atomic E-state index is 0.270. The smallest absolute Gasteiger partial charge is 0.137 e. The standard InChI is InChI=1S/C23H20N8O/c24-9-14-1-4-19(18-3-2-17(14)18)31-20-7-21(25-10-15(20)11-28-31)30-23-8-22(26-13-27-23)29-16-5-6-32-12-16/h1,4,7-8,10-11,13,16H,2-3,5-6,12H2,(H2,25,26,27,29,30)/t16-/m1/s1. The van der Waals surface area contributed by atoms with E-state index in [1.807, 2.05) is 35.1 Å². The SMILES string of the molecule is N#Cc1ccc(-n2ncc3cnc(Nc4cc(N[C@@H]5CCOC5)ncn4)cc32)c2c1CC2. The molecule has 6 rings (SSSR count). The molecule has 9 nitrogen and oxygen atoms in total. The van der Waals surface area contributed by atoms with Gasteiger partial charge in [0.25, 0.3) is 0 Å². The van der Waals surface area contributed by atoms with Gasteiger partial charge in [0, 0.05) is 30.3 Å². The van der Waals surface area contributed by atoms with Crippen molar-refractivity contribution in [3.63, 3.8) is 0 Å². The lowest BCUT2D eigenvalue weighted by atomic mass is 9.83. The normalized spacial score (nSPS) is 16.9. The maximum Gasteiger partial charge on any atom is 0.137 e. The number of ether oxygens (including phenoxy) is 1. The quantitative estimate of drug-likeness (QED) is 0.502. The molecule has 4 heterocycles. The van der Waals surface area contributed by atoms with Crippen molar-refractivity contribution < 1.29 is 4.74 Å². The molecule has 1 aromatic carbocycles. The topological polar surface area (TPSA) is 114 Å². The number of aromatic nitrogens is 5. The van der Waals surface area contributed by atoms with E-state index in [0.29, 0.717) is 18.2 Å². The fraction of sp³-hybridized carbons (Fsp3) is 0.261. The molecular formula is C23H20N8O. The number of pyridine rings is 1. The second-order valence-electron chi connectivity index (χ2n) is 8.00. The molecule has 2 aliphatic rings. The van der Waals surface area contributed by atoms with E-state index in [2.05, 4.69) is 36.8 Å². The molecule has 0 saturated carbocycles. The molecule has 0 spiro atoms. The summed E-state index contributed by atoms with van der Waals surface area (Å²) in [6, 6.07) is 10.2. The molecule has 32 heavy (non-hydrogen) atoms. The van der Waals surface area contributed by atoms with Gasteiger partial charge in [0.05, 0.1) is 41.7 Å². The molecule has 0 bridgehead atoms. The highest BCUT2D eigenvalue weighted by Gasteiger charge is 2.23. The fourth-order valence-electron chi connectivity index (χ4n) is 4.30. The molecule has 1 aliphatic carbocycles. The lowest BCUT2D eigenvalue weighted by molar-refractivity contribution is 0.195. The van der Waals surface area contributed by atoms with Gasteiger partial charge in [-0.15, -0.1) is 0 Å². The minimum Gasteiger partial charge on any atom is -0.379 e. The van der Waals surface area contributed by atoms with Gasteiger partial charge in [-0.25, -0.2) is 19.6 Å². The molecule has 0 unspecified atom stereocenters. The van der Waals surface area contributed by atoms with E-state index in [4.69, 9.17) is 4.74 Å². The van der Waals surface area contributed by atoms with Crippen LogP contribution >= 0.6 is 0 Å². The minimum absolute atomic E-state index is 0.270. The van der Waals surface area contributed by atoms with Gasteiger partial charge >= 0.3 is 0 Å². The number of rotatable bonds is 5. The Morgan fingerprint density at radius 2 is 1.91 bits per heavy atom. The van der Waals surface area contributed by atoms with Gasteiger partial charge in [-0.2, -0.15) is 10.4 Å². The number of benzene rings is 1. The predicted octanol–water partition coefficient (Wildman–Crippen LogP) is 3.13. The molecule has 1 saturated heterocycles. The van der Waals surface area contributed by atoms with Crippen LogP contribution in [0, 0.1) is 11.3 Å². The molecule has 9 heteroatoms. The summed E-state index contributed by atoms with van der Waals surface area (Å²) in [5.41, 5.74) is 5.05. The number of fused-ring (bicyclic) bond motifs is 2. The largest absolute Gasteiger partial charge is 0.379 e. The zero-order valence-corrected chi connectivity index (χ0v) is 17.2. The van der Waals surface area contributed by atoms with Crippen molar-refractivity contribution in [2.45, 2.75) is 25.3 Å². The summed E-state index contributed by atoms with van der Waals surface area (Å²) in [5.74, 6) is 2.07. The van der Waals surface area contributed by atoms with E-state index < -0.39 is 0 Å². The maximum absolute atomic E-state index is 9.34. The molecular weight excluding hydrogens is 404 g/mol. The van der Waals surface area contributed by atoms with Crippen LogP contribution in [0.5, 0.6) is 0 Å². The molecule has 1 fully saturated rings. The van der Waals surface area contributed by atoms with Crippen LogP contribution in [-0.4, -0.2) is 44.0 Å². The van der Waals surface area contributed by atoms with Crippen molar-refractivity contribution in [1.29, 1.82) is 5.26 Å². The fourth-order valence-corrected chi connectivity index (χ4v) is 4.30. The predicted molar refractivity (Wildman–Crippen MR) is 119 cm³/mol. The zero-order valence-electron chi connectivity index (χ0n) is 17.2. The highest BCUT2D eigenvalue weighted by atomic mass is 16.5. The summed E-state index contributed by atoms with van der Waals surface area (Å²) in [7, 11) is 0. The van der Waals surface area contributed by atoms with Crippen molar-refractivity contribution >= 4 is 28.4 Å². The molecule has 1 aliphatic heterocycles. The zero-order chi connectivity index (χ0) is 21.5. The Bertz CT molecular complexity index is 1370. The van der Waals surface area contributed by atoms with Gasteiger partial charge < -0.3 is 15.4 Å². The first kappa shape index (κ1) is 18.7. The number of nitrogens with zero attached hydrogens (tertiary/aromatic N) is 6. The van der Waals surface area contributed by atoms with Crippen molar-refractivity contribution in [2.24, 2.45) is 0 Å². The summed E-state index contributed by atoms with van der Waals surface area (Å²) in [5, 5.41) is 21.5. The maximum atomic E-state index is 9.34. The molecule has 2 N–H and O–H groups in total. The van der Waals surface area contributed by atoms with E-state index in [9.17, 15) is 5.26 Å². The van der Waals surface area contributed by atoms with Crippen LogP contribution in [0.2, 0.25) is 0 Å². The Morgan fingerprint density at radius 3 is 2.72 bits per heavy atom. The van der Waals surface area contributed by atoms with Gasteiger partial charge in [0.2, 0.25) is 0 Å². The van der Waals surface area contributed by atoms with Gasteiger partial charge in [-0.3, -0.25) is 0 Å². The second kappa shape index (κ2) is 7.59. The molecule has 0 radical (unpaired) electrons. The van der Waals surface area contributed by atoms with Crippen molar-refractivity contribution in [1.82, 2.24) is 24.7 Å². The van der Waals surface area contributed by atoms with E-state index in [-0.39, 0.29) is 6.04 Å². The monoisotopic (exact) mass is 424 g/mol. The highest BCUT2D eigenvalue weighted by molar-refractivity contribution is 5.83. The molecule has 1 atom stereocenters. The molecule has 158 valence electrons. The molecule has 0 amide bonds. The third-order valence-corrected chi connectivity index (χ3v) is 6.04. The first-order valence-corrected chi connectivity index (χ1v) is 10.6. The van der Waals surface area contributed by atoms with Crippen LogP contribution in [0.3, 0.4) is 0 Å². The van der Waals surface area contributed by atoms with Crippen LogP contribution in [0.25, 0.3) is 16.6 Å². The average Bonchev–Trinajstić information content (AvgIpc) is 3.44. The second-order valence-corrected chi connectivity index (χ2v) is 8.00. The lowest BCUT2D eigenvalue weighted by Gasteiger charge is -2.24. The average molecular weight is 424 g/mol. The first-order valence-electron chi connectivity index (χ1n) is 10.6. The Labute approximate surface area is 184 Å². The Balaban J connectivity index is 1.30.